The molecule has 0 bridgehead atoms. The van der Waals surface area contributed by atoms with Crippen LogP contribution < -0.4 is 10.6 Å². The number of aliphatic hydroxyl groups is 1. The predicted octanol–water partition coefficient (Wildman–Crippen LogP) is 3.20. The Labute approximate surface area is 205 Å². The van der Waals surface area contributed by atoms with Crippen LogP contribution in [0.1, 0.15) is 61.6 Å². The first-order chi connectivity index (χ1) is 16.6. The molecule has 2 heterocycles. The zero-order valence-corrected chi connectivity index (χ0v) is 20.5. The zero-order chi connectivity index (χ0) is 25.2. The van der Waals surface area contributed by atoms with Crippen LogP contribution in [-0.2, 0) is 17.7 Å². The highest BCUT2D eigenvalue weighted by molar-refractivity contribution is 5.93. The van der Waals surface area contributed by atoms with E-state index in [1.807, 2.05) is 6.07 Å². The fraction of sp³-hybridized carbons (Fsp3) is 0.500. The van der Waals surface area contributed by atoms with E-state index >= 15 is 0 Å². The van der Waals surface area contributed by atoms with Gasteiger partial charge in [-0.1, -0.05) is 6.07 Å². The lowest BCUT2D eigenvalue weighted by atomic mass is 9.91. The predicted molar refractivity (Wildman–Crippen MR) is 131 cm³/mol. The van der Waals surface area contributed by atoms with E-state index in [9.17, 15) is 19.8 Å². The highest BCUT2D eigenvalue weighted by Gasteiger charge is 2.37. The number of nitrogens with zero attached hydrogens (tertiary/aromatic N) is 2. The molecule has 1 saturated carbocycles. The van der Waals surface area contributed by atoms with E-state index in [1.165, 1.54) is 11.3 Å². The van der Waals surface area contributed by atoms with E-state index in [2.05, 4.69) is 15.6 Å². The lowest BCUT2D eigenvalue weighted by Gasteiger charge is -2.40. The lowest BCUT2D eigenvalue weighted by Crippen LogP contribution is -2.54. The molecule has 0 radical (unpaired) electrons. The molecule has 1 fully saturated rings. The summed E-state index contributed by atoms with van der Waals surface area (Å²) in [7, 11) is 0. The van der Waals surface area contributed by atoms with Crippen molar-refractivity contribution in [3.05, 3.63) is 53.3 Å². The molecule has 2 atom stereocenters. The Hall–Kier alpha value is -3.33. The summed E-state index contributed by atoms with van der Waals surface area (Å²) in [4.78, 5) is 31.3. The number of fused-ring (bicyclic) bond motifs is 1. The number of benzene rings is 1. The van der Waals surface area contributed by atoms with Crippen LogP contribution in [0.5, 0.6) is 5.75 Å². The topological polar surface area (TPSA) is 124 Å². The molecule has 0 unspecified atom stereocenters. The number of amides is 2. The second-order valence-electron chi connectivity index (χ2n) is 10.3. The Bertz CT molecular complexity index is 1080. The number of aromatic nitrogens is 1. The Morgan fingerprint density at radius 3 is 2.66 bits per heavy atom. The van der Waals surface area contributed by atoms with Crippen LogP contribution in [0.2, 0.25) is 0 Å². The first-order valence-electron chi connectivity index (χ1n) is 12.1. The number of pyridine rings is 1. The van der Waals surface area contributed by atoms with Gasteiger partial charge >= 0.3 is 6.09 Å². The van der Waals surface area contributed by atoms with Crippen molar-refractivity contribution in [1.82, 2.24) is 15.2 Å². The molecule has 1 aromatic carbocycles. The summed E-state index contributed by atoms with van der Waals surface area (Å²) >= 11 is 0. The number of carbonyl (C=O) groups excluding carboxylic acids is 2. The van der Waals surface area contributed by atoms with Gasteiger partial charge in [0, 0.05) is 31.0 Å². The second-order valence-corrected chi connectivity index (χ2v) is 10.3. The van der Waals surface area contributed by atoms with Crippen LogP contribution in [0.25, 0.3) is 0 Å². The Morgan fingerprint density at radius 2 is 1.97 bits per heavy atom. The smallest absolute Gasteiger partial charge is 0.410 e. The number of aliphatic hydroxyl groups excluding tert-OH is 1. The Kier molecular flexibility index (Phi) is 7.16. The van der Waals surface area contributed by atoms with E-state index in [-0.39, 0.29) is 24.5 Å². The highest BCUT2D eigenvalue weighted by atomic mass is 16.6. The van der Waals surface area contributed by atoms with E-state index in [4.69, 9.17) is 4.74 Å². The first-order valence-corrected chi connectivity index (χ1v) is 12.1. The number of hydrogen-bond acceptors (Lipinski definition) is 7. The van der Waals surface area contributed by atoms with Gasteiger partial charge in [0.05, 0.1) is 12.1 Å². The maximum Gasteiger partial charge on any atom is 0.410 e. The number of carbonyl (C=O) groups is 2. The number of phenols is 1. The minimum Gasteiger partial charge on any atom is -0.508 e. The maximum atomic E-state index is 13.0. The Morgan fingerprint density at radius 1 is 1.20 bits per heavy atom. The van der Waals surface area contributed by atoms with Crippen molar-refractivity contribution in [3.63, 3.8) is 0 Å². The summed E-state index contributed by atoms with van der Waals surface area (Å²) in [5.41, 5.74) is 2.12. The Balaban J connectivity index is 1.44. The fourth-order valence-electron chi connectivity index (χ4n) is 4.32. The molecular weight excluding hydrogens is 448 g/mol. The minimum absolute atomic E-state index is 0.0574. The third kappa shape index (κ3) is 6.22. The molecule has 2 amide bonds. The minimum atomic E-state index is -1.04. The van der Waals surface area contributed by atoms with Crippen molar-refractivity contribution in [3.8, 4) is 5.75 Å². The number of aromatic hydroxyl groups is 1. The molecule has 35 heavy (non-hydrogen) atoms. The SMILES string of the molecule is CC(C)(C)OC(=O)N1Cc2cc(O)ccc2C[C@H]1[C@H](O)CNC(=O)c1cc(NC2CCC2)ccn1. The molecule has 0 saturated heterocycles. The molecule has 0 spiro atoms. The molecule has 9 nitrogen and oxygen atoms in total. The molecule has 1 aliphatic carbocycles. The van der Waals surface area contributed by atoms with Gasteiger partial charge in [0.25, 0.3) is 5.91 Å². The van der Waals surface area contributed by atoms with Crippen LogP contribution in [-0.4, -0.2) is 62.4 Å². The van der Waals surface area contributed by atoms with Gasteiger partial charge in [-0.15, -0.1) is 0 Å². The van der Waals surface area contributed by atoms with Gasteiger partial charge in [0.1, 0.15) is 17.0 Å². The van der Waals surface area contributed by atoms with Crippen molar-refractivity contribution in [2.24, 2.45) is 0 Å². The molecule has 188 valence electrons. The van der Waals surface area contributed by atoms with E-state index < -0.39 is 29.7 Å². The summed E-state index contributed by atoms with van der Waals surface area (Å²) in [6.07, 6.45) is 3.81. The molecule has 4 rings (SSSR count). The number of rotatable bonds is 6. The van der Waals surface area contributed by atoms with Crippen molar-refractivity contribution >= 4 is 17.7 Å². The molecule has 1 aliphatic heterocycles. The van der Waals surface area contributed by atoms with Crippen molar-refractivity contribution in [2.75, 3.05) is 11.9 Å². The van der Waals surface area contributed by atoms with Crippen LogP contribution >= 0.6 is 0 Å². The van der Waals surface area contributed by atoms with Crippen molar-refractivity contribution in [1.29, 1.82) is 0 Å². The third-order valence-electron chi connectivity index (χ3n) is 6.37. The third-order valence-corrected chi connectivity index (χ3v) is 6.37. The number of ether oxygens (including phenoxy) is 1. The normalized spacial score (nSPS) is 18.7. The van der Waals surface area contributed by atoms with E-state index in [0.29, 0.717) is 12.5 Å². The van der Waals surface area contributed by atoms with Crippen molar-refractivity contribution in [2.45, 2.75) is 76.8 Å². The summed E-state index contributed by atoms with van der Waals surface area (Å²) < 4.78 is 5.57. The standard InChI is InChI=1S/C26H34N4O5/c1-26(2,3)35-25(34)30-15-17-11-20(31)8-7-16(17)12-22(30)23(32)14-28-24(33)21-13-19(9-10-27-21)29-18-5-4-6-18/h7-11,13,18,22-23,31-32H,4-6,12,14-15H2,1-3H3,(H,27,29)(H,28,33)/t22-,23+/m0/s1. The largest absolute Gasteiger partial charge is 0.508 e. The van der Waals surface area contributed by atoms with Gasteiger partial charge < -0.3 is 25.6 Å². The average Bonchev–Trinajstić information content (AvgIpc) is 2.77. The lowest BCUT2D eigenvalue weighted by molar-refractivity contribution is -0.0113. The van der Waals surface area contributed by atoms with Crippen LogP contribution in [0, 0.1) is 0 Å². The summed E-state index contributed by atoms with van der Waals surface area (Å²) in [6, 6.07) is 8.36. The van der Waals surface area contributed by atoms with Crippen LogP contribution in [0.4, 0.5) is 10.5 Å². The maximum absolute atomic E-state index is 13.0. The highest BCUT2D eigenvalue weighted by Crippen LogP contribution is 2.29. The van der Waals surface area contributed by atoms with Gasteiger partial charge in [-0.3, -0.25) is 14.7 Å². The monoisotopic (exact) mass is 482 g/mol. The molecule has 2 aromatic rings. The van der Waals surface area contributed by atoms with E-state index in [0.717, 1.165) is 29.7 Å². The van der Waals surface area contributed by atoms with Gasteiger partial charge in [0.15, 0.2) is 0 Å². The second kappa shape index (κ2) is 10.1. The van der Waals surface area contributed by atoms with E-state index in [1.54, 1.807) is 51.2 Å². The number of phenolic OH excluding ortho intramolecular Hbond substituents is 1. The number of hydrogen-bond donors (Lipinski definition) is 4. The summed E-state index contributed by atoms with van der Waals surface area (Å²) in [6.45, 7) is 5.46. The number of anilines is 1. The average molecular weight is 483 g/mol. The van der Waals surface area contributed by atoms with Gasteiger partial charge in [-0.2, -0.15) is 0 Å². The molecule has 2 aliphatic rings. The summed E-state index contributed by atoms with van der Waals surface area (Å²) in [5.74, 6) is -0.285. The molecular formula is C26H34N4O5. The molecule has 1 aromatic heterocycles. The molecule has 9 heteroatoms. The van der Waals surface area contributed by atoms with Crippen LogP contribution in [0.3, 0.4) is 0 Å². The van der Waals surface area contributed by atoms with Gasteiger partial charge in [-0.25, -0.2) is 4.79 Å². The fourth-order valence-corrected chi connectivity index (χ4v) is 4.32. The van der Waals surface area contributed by atoms with Crippen molar-refractivity contribution < 1.29 is 24.5 Å². The van der Waals surface area contributed by atoms with Crippen LogP contribution in [0.15, 0.2) is 36.5 Å². The number of nitrogens with one attached hydrogen (secondary N) is 2. The quantitative estimate of drug-likeness (QED) is 0.498. The molecule has 4 N–H and O–H groups in total. The first kappa shape index (κ1) is 24.8. The summed E-state index contributed by atoms with van der Waals surface area (Å²) in [5, 5.41) is 27.0. The zero-order valence-electron chi connectivity index (χ0n) is 20.5. The van der Waals surface area contributed by atoms with Gasteiger partial charge in [0.2, 0.25) is 0 Å². The van der Waals surface area contributed by atoms with Gasteiger partial charge in [-0.05, 0) is 81.8 Å².